The first-order chi connectivity index (χ1) is 7.31. The number of fused-ring (bicyclic) bond motifs is 1. The van der Waals surface area contributed by atoms with Gasteiger partial charge < -0.3 is 0 Å². The molecule has 0 aliphatic heterocycles. The summed E-state index contributed by atoms with van der Waals surface area (Å²) in [5.74, 6) is 0.0586. The molecule has 0 N–H and O–H groups in total. The molecule has 0 bridgehead atoms. The number of carbonyl (C=O) groups is 1. The number of hydrogen-bond acceptors (Lipinski definition) is 1. The zero-order chi connectivity index (χ0) is 10.7. The minimum Gasteiger partial charge on any atom is -0.289 e. The van der Waals surface area contributed by atoms with Gasteiger partial charge in [-0.3, -0.25) is 4.79 Å². The Hall–Kier alpha value is -1.89. The summed E-state index contributed by atoms with van der Waals surface area (Å²) in [5.41, 5.74) is 0.742. The third-order valence-electron chi connectivity index (χ3n) is 2.35. The van der Waals surface area contributed by atoms with Gasteiger partial charge in [0.05, 0.1) is 0 Å². The Morgan fingerprint density at radius 1 is 1.07 bits per heavy atom. The predicted octanol–water partition coefficient (Wildman–Crippen LogP) is 3.60. The van der Waals surface area contributed by atoms with Crippen molar-refractivity contribution in [2.45, 2.75) is 6.92 Å². The van der Waals surface area contributed by atoms with Crippen LogP contribution in [0, 0.1) is 0 Å². The van der Waals surface area contributed by atoms with Crippen molar-refractivity contribution in [2.75, 3.05) is 0 Å². The lowest BCUT2D eigenvalue weighted by atomic mass is 10.0. The molecule has 2 aromatic rings. The summed E-state index contributed by atoms with van der Waals surface area (Å²) in [7, 11) is 0. The van der Waals surface area contributed by atoms with Crippen molar-refractivity contribution in [3.05, 3.63) is 60.2 Å². The molecular formula is C14H12O. The first-order valence-corrected chi connectivity index (χ1v) is 4.97. The maximum atomic E-state index is 11.6. The molecule has 0 aliphatic carbocycles. The van der Waals surface area contributed by atoms with Gasteiger partial charge in [-0.05, 0) is 29.8 Å². The molecule has 1 heteroatoms. The molecule has 2 aromatic carbocycles. The van der Waals surface area contributed by atoms with Gasteiger partial charge in [0, 0.05) is 5.56 Å². The van der Waals surface area contributed by atoms with E-state index in [0.29, 0.717) is 0 Å². The number of ketones is 1. The first kappa shape index (κ1) is 9.66. The maximum absolute atomic E-state index is 11.6. The Bertz CT molecular complexity index is 524. The van der Waals surface area contributed by atoms with Crippen molar-refractivity contribution in [3.8, 4) is 0 Å². The molecule has 0 heterocycles. The zero-order valence-electron chi connectivity index (χ0n) is 8.60. The Kier molecular flexibility index (Phi) is 2.64. The minimum atomic E-state index is 0.0586. The average molecular weight is 196 g/mol. The zero-order valence-corrected chi connectivity index (χ0v) is 8.60. The van der Waals surface area contributed by atoms with E-state index in [-0.39, 0.29) is 5.78 Å². The van der Waals surface area contributed by atoms with Gasteiger partial charge in [0.15, 0.2) is 5.78 Å². The van der Waals surface area contributed by atoms with Gasteiger partial charge in [-0.25, -0.2) is 0 Å². The van der Waals surface area contributed by atoms with Crippen molar-refractivity contribution in [2.24, 2.45) is 0 Å². The van der Waals surface area contributed by atoms with E-state index in [9.17, 15) is 4.79 Å². The largest absolute Gasteiger partial charge is 0.289 e. The Morgan fingerprint density at radius 2 is 1.80 bits per heavy atom. The van der Waals surface area contributed by atoms with Crippen LogP contribution in [0.3, 0.4) is 0 Å². The fourth-order valence-electron chi connectivity index (χ4n) is 1.59. The summed E-state index contributed by atoms with van der Waals surface area (Å²) in [5, 5.41) is 2.27. The molecule has 74 valence electrons. The molecule has 0 unspecified atom stereocenters. The highest BCUT2D eigenvalue weighted by atomic mass is 16.1. The number of carbonyl (C=O) groups excluding carboxylic acids is 1. The smallest absolute Gasteiger partial charge is 0.185 e. The molecule has 0 aliphatic rings. The molecule has 0 aromatic heterocycles. The van der Waals surface area contributed by atoms with Crippen LogP contribution in [0.1, 0.15) is 17.3 Å². The lowest BCUT2D eigenvalue weighted by Crippen LogP contribution is -1.93. The molecule has 2 rings (SSSR count). The van der Waals surface area contributed by atoms with Crippen LogP contribution in [0.2, 0.25) is 0 Å². The molecular weight excluding hydrogens is 184 g/mol. The van der Waals surface area contributed by atoms with Crippen LogP contribution in [-0.4, -0.2) is 5.78 Å². The third kappa shape index (κ3) is 1.96. The molecule has 0 spiro atoms. The van der Waals surface area contributed by atoms with Crippen molar-refractivity contribution in [1.82, 2.24) is 0 Å². The van der Waals surface area contributed by atoms with Gasteiger partial charge in [0.25, 0.3) is 0 Å². The van der Waals surface area contributed by atoms with Gasteiger partial charge in [-0.15, -0.1) is 0 Å². The summed E-state index contributed by atoms with van der Waals surface area (Å²) in [6.45, 7) is 1.85. The monoisotopic (exact) mass is 196 g/mol. The number of hydrogen-bond donors (Lipinski definition) is 0. The number of rotatable bonds is 2. The molecule has 0 radical (unpaired) electrons. The van der Waals surface area contributed by atoms with E-state index >= 15 is 0 Å². The van der Waals surface area contributed by atoms with Crippen molar-refractivity contribution in [1.29, 1.82) is 0 Å². The van der Waals surface area contributed by atoms with Crippen molar-refractivity contribution in [3.63, 3.8) is 0 Å². The normalized spacial score (nSPS) is 11.0. The molecule has 1 nitrogen and oxygen atoms in total. The first-order valence-electron chi connectivity index (χ1n) is 4.97. The van der Waals surface area contributed by atoms with Gasteiger partial charge in [-0.2, -0.15) is 0 Å². The van der Waals surface area contributed by atoms with Crippen LogP contribution in [0.15, 0.2) is 54.6 Å². The Balaban J connectivity index is 2.51. The van der Waals surface area contributed by atoms with E-state index in [1.165, 1.54) is 0 Å². The van der Waals surface area contributed by atoms with Gasteiger partial charge in [-0.1, -0.05) is 42.5 Å². The summed E-state index contributed by atoms with van der Waals surface area (Å²) >= 11 is 0. The van der Waals surface area contributed by atoms with E-state index in [1.54, 1.807) is 12.2 Å². The second-order valence-electron chi connectivity index (χ2n) is 3.43. The topological polar surface area (TPSA) is 17.1 Å². The van der Waals surface area contributed by atoms with E-state index < -0.39 is 0 Å². The second kappa shape index (κ2) is 4.09. The summed E-state index contributed by atoms with van der Waals surface area (Å²) in [4.78, 5) is 11.6. The van der Waals surface area contributed by atoms with E-state index in [2.05, 4.69) is 0 Å². The molecule has 0 fully saturated rings. The highest BCUT2D eigenvalue weighted by Crippen LogP contribution is 2.16. The molecule has 0 atom stereocenters. The van der Waals surface area contributed by atoms with Crippen molar-refractivity contribution >= 4 is 16.6 Å². The lowest BCUT2D eigenvalue weighted by Gasteiger charge is -1.99. The summed E-state index contributed by atoms with van der Waals surface area (Å²) in [6, 6.07) is 13.8. The highest BCUT2D eigenvalue weighted by molar-refractivity contribution is 6.06. The summed E-state index contributed by atoms with van der Waals surface area (Å²) in [6.07, 6.45) is 3.35. The van der Waals surface area contributed by atoms with Crippen LogP contribution < -0.4 is 0 Å². The van der Waals surface area contributed by atoms with E-state index in [0.717, 1.165) is 16.3 Å². The van der Waals surface area contributed by atoms with Gasteiger partial charge in [0.1, 0.15) is 0 Å². The molecule has 0 amide bonds. The maximum Gasteiger partial charge on any atom is 0.185 e. The SMILES string of the molecule is C/C=C/C(=O)c1ccc2ccccc2c1. The fraction of sp³-hybridized carbons (Fsp3) is 0.0714. The van der Waals surface area contributed by atoms with Gasteiger partial charge >= 0.3 is 0 Å². The van der Waals surface area contributed by atoms with Gasteiger partial charge in [0.2, 0.25) is 0 Å². The van der Waals surface area contributed by atoms with Crippen LogP contribution in [0.5, 0.6) is 0 Å². The highest BCUT2D eigenvalue weighted by Gasteiger charge is 2.01. The van der Waals surface area contributed by atoms with Crippen molar-refractivity contribution < 1.29 is 4.79 Å². The Labute approximate surface area is 89.0 Å². The fourth-order valence-corrected chi connectivity index (χ4v) is 1.59. The lowest BCUT2D eigenvalue weighted by molar-refractivity contribution is 0.104. The summed E-state index contributed by atoms with van der Waals surface area (Å²) < 4.78 is 0. The molecule has 0 saturated carbocycles. The van der Waals surface area contributed by atoms with Crippen LogP contribution in [-0.2, 0) is 0 Å². The molecule has 15 heavy (non-hydrogen) atoms. The van der Waals surface area contributed by atoms with Crippen LogP contribution in [0.25, 0.3) is 10.8 Å². The predicted molar refractivity (Wildman–Crippen MR) is 63.1 cm³/mol. The van der Waals surface area contributed by atoms with Crippen LogP contribution >= 0.6 is 0 Å². The standard InChI is InChI=1S/C14H12O/c1-2-5-14(15)13-9-8-11-6-3-4-7-12(11)10-13/h2-10H,1H3/b5-2+. The average Bonchev–Trinajstić information content (AvgIpc) is 2.29. The molecule has 0 saturated heterocycles. The Morgan fingerprint density at radius 3 is 2.53 bits per heavy atom. The third-order valence-corrected chi connectivity index (χ3v) is 2.35. The number of benzene rings is 2. The van der Waals surface area contributed by atoms with E-state index in [1.807, 2.05) is 49.4 Å². The van der Waals surface area contributed by atoms with E-state index in [4.69, 9.17) is 0 Å². The van der Waals surface area contributed by atoms with Crippen LogP contribution in [0.4, 0.5) is 0 Å². The quantitative estimate of drug-likeness (QED) is 0.529. The second-order valence-corrected chi connectivity index (χ2v) is 3.43. The number of allylic oxidation sites excluding steroid dienone is 2. The minimum absolute atomic E-state index is 0.0586.